The van der Waals surface area contributed by atoms with Crippen molar-refractivity contribution in [3.8, 4) is 27.9 Å². The van der Waals surface area contributed by atoms with Gasteiger partial charge in [-0.1, -0.05) is 117 Å². The summed E-state index contributed by atoms with van der Waals surface area (Å²) in [6, 6.07) is 51.5. The van der Waals surface area contributed by atoms with Gasteiger partial charge in [0.25, 0.3) is 0 Å². The molecule has 0 bridgehead atoms. The number of allylic oxidation sites excluding steroid dienone is 6. The summed E-state index contributed by atoms with van der Waals surface area (Å²) in [6.07, 6.45) is 13.2. The van der Waals surface area contributed by atoms with E-state index in [9.17, 15) is 0 Å². The number of rotatable bonds is 6. The average Bonchev–Trinajstić information content (AvgIpc) is 3.67. The molecule has 1 aliphatic heterocycles. The van der Waals surface area contributed by atoms with Crippen molar-refractivity contribution >= 4 is 33.2 Å². The maximum atomic E-state index is 3.38. The summed E-state index contributed by atoms with van der Waals surface area (Å²) in [5, 5.41) is 5.92. The van der Waals surface area contributed by atoms with Crippen molar-refractivity contribution in [2.45, 2.75) is 32.1 Å². The van der Waals surface area contributed by atoms with E-state index in [-0.39, 0.29) is 5.41 Å². The molecular weight excluding hydrogens is 643 g/mol. The van der Waals surface area contributed by atoms with Crippen LogP contribution in [0.5, 0.6) is 0 Å². The van der Waals surface area contributed by atoms with Gasteiger partial charge in [-0.2, -0.15) is 0 Å². The van der Waals surface area contributed by atoms with Crippen LogP contribution >= 0.6 is 0 Å². The van der Waals surface area contributed by atoms with Crippen molar-refractivity contribution in [3.05, 3.63) is 198 Å². The zero-order chi connectivity index (χ0) is 35.5. The van der Waals surface area contributed by atoms with Gasteiger partial charge in [0.15, 0.2) is 0 Å². The molecule has 0 spiro atoms. The summed E-state index contributed by atoms with van der Waals surface area (Å²) >= 11 is 0. The molecular formula is C50H41N3. The lowest BCUT2D eigenvalue weighted by atomic mass is 9.82. The van der Waals surface area contributed by atoms with Crippen molar-refractivity contribution in [1.29, 1.82) is 0 Å². The summed E-state index contributed by atoms with van der Waals surface area (Å²) in [5.41, 5.74) is 17.8. The van der Waals surface area contributed by atoms with Gasteiger partial charge in [0.05, 0.1) is 11.0 Å². The Morgan fingerprint density at radius 3 is 2.15 bits per heavy atom. The van der Waals surface area contributed by atoms with Crippen molar-refractivity contribution in [3.63, 3.8) is 0 Å². The number of nitrogens with zero attached hydrogens (tertiary/aromatic N) is 2. The van der Waals surface area contributed by atoms with E-state index < -0.39 is 0 Å². The Morgan fingerprint density at radius 1 is 0.604 bits per heavy atom. The van der Waals surface area contributed by atoms with Crippen LogP contribution in [0.3, 0.4) is 0 Å². The number of dihydropyridines is 1. The zero-order valence-corrected chi connectivity index (χ0v) is 30.2. The molecule has 256 valence electrons. The highest BCUT2D eigenvalue weighted by Crippen LogP contribution is 2.50. The lowest BCUT2D eigenvalue weighted by Crippen LogP contribution is -2.20. The van der Waals surface area contributed by atoms with Crippen LogP contribution in [-0.4, -0.2) is 11.1 Å². The third kappa shape index (κ3) is 5.18. The first-order valence-electron chi connectivity index (χ1n) is 18.8. The van der Waals surface area contributed by atoms with Gasteiger partial charge in [-0.05, 0) is 118 Å². The number of hydrogen-bond acceptors (Lipinski definition) is 2. The van der Waals surface area contributed by atoms with E-state index in [0.29, 0.717) is 0 Å². The van der Waals surface area contributed by atoms with Crippen LogP contribution in [0.15, 0.2) is 187 Å². The number of para-hydroxylation sites is 2. The minimum absolute atomic E-state index is 0.0689. The molecule has 3 aliphatic rings. The highest BCUT2D eigenvalue weighted by atomic mass is 15.1. The predicted molar refractivity (Wildman–Crippen MR) is 223 cm³/mol. The zero-order valence-electron chi connectivity index (χ0n) is 30.2. The molecule has 2 heterocycles. The van der Waals surface area contributed by atoms with E-state index in [1.807, 2.05) is 0 Å². The van der Waals surface area contributed by atoms with Crippen molar-refractivity contribution in [2.75, 3.05) is 11.4 Å². The second-order valence-corrected chi connectivity index (χ2v) is 15.0. The van der Waals surface area contributed by atoms with Crippen LogP contribution in [0.2, 0.25) is 0 Å². The van der Waals surface area contributed by atoms with E-state index in [4.69, 9.17) is 0 Å². The Bertz CT molecular complexity index is 2680. The van der Waals surface area contributed by atoms with Crippen LogP contribution in [0.4, 0.5) is 11.4 Å². The van der Waals surface area contributed by atoms with Crippen molar-refractivity contribution < 1.29 is 0 Å². The second-order valence-electron chi connectivity index (χ2n) is 15.0. The fraction of sp³-hybridized carbons (Fsp3) is 0.120. The Morgan fingerprint density at radius 2 is 1.34 bits per heavy atom. The first kappa shape index (κ1) is 31.4. The molecule has 3 nitrogen and oxygen atoms in total. The fourth-order valence-electron chi connectivity index (χ4n) is 8.85. The third-order valence-electron chi connectivity index (χ3n) is 11.5. The molecule has 1 aromatic heterocycles. The maximum absolute atomic E-state index is 3.38. The molecule has 6 aromatic carbocycles. The van der Waals surface area contributed by atoms with Gasteiger partial charge < -0.3 is 14.8 Å². The van der Waals surface area contributed by atoms with Crippen LogP contribution in [0.1, 0.15) is 37.8 Å². The van der Waals surface area contributed by atoms with Crippen LogP contribution in [-0.2, 0) is 5.41 Å². The number of fused-ring (bicyclic) bond motifs is 6. The molecule has 10 rings (SSSR count). The quantitative estimate of drug-likeness (QED) is 0.188. The lowest BCUT2D eigenvalue weighted by molar-refractivity contribution is 0.660. The van der Waals surface area contributed by atoms with Gasteiger partial charge in [0, 0.05) is 51.7 Å². The SMILES string of the molecule is CC1(C)c2ccccc2-c2ccc(N(C3=CC=C(C4=CNCC=C4)CC3)c3ccc(-c4ccc5c(c4)c4ccccc4n5-c4ccccc4)cc3)cc21. The fourth-order valence-corrected chi connectivity index (χ4v) is 8.85. The normalized spacial score (nSPS) is 15.7. The monoisotopic (exact) mass is 683 g/mol. The van der Waals surface area contributed by atoms with Crippen molar-refractivity contribution in [1.82, 2.24) is 9.88 Å². The van der Waals surface area contributed by atoms with Crippen LogP contribution < -0.4 is 10.2 Å². The molecule has 1 N–H and O–H groups in total. The van der Waals surface area contributed by atoms with E-state index in [1.165, 1.54) is 89.1 Å². The van der Waals surface area contributed by atoms with E-state index in [1.54, 1.807) is 0 Å². The maximum Gasteiger partial charge on any atom is 0.0541 e. The molecule has 0 unspecified atom stereocenters. The molecule has 53 heavy (non-hydrogen) atoms. The molecule has 0 amide bonds. The lowest BCUT2D eigenvalue weighted by Gasteiger charge is -2.31. The topological polar surface area (TPSA) is 20.2 Å². The number of benzene rings is 6. The smallest absolute Gasteiger partial charge is 0.0541 e. The Labute approximate surface area is 311 Å². The van der Waals surface area contributed by atoms with Gasteiger partial charge in [-0.15, -0.1) is 0 Å². The first-order chi connectivity index (χ1) is 26.0. The van der Waals surface area contributed by atoms with Crippen molar-refractivity contribution in [2.24, 2.45) is 0 Å². The summed E-state index contributed by atoms with van der Waals surface area (Å²) in [4.78, 5) is 2.48. The van der Waals surface area contributed by atoms with Crippen LogP contribution in [0, 0.1) is 0 Å². The van der Waals surface area contributed by atoms with Gasteiger partial charge in [-0.3, -0.25) is 0 Å². The highest BCUT2D eigenvalue weighted by molar-refractivity contribution is 6.10. The standard InChI is InChI=1S/C50H41N3/c1-50(2)46-16-8-6-14-42(46)43-28-27-41(32-47(43)50)52(40-25-20-35(21-26-40)37-11-10-30-51-33-37)39-23-18-34(19-24-39)36-22-29-49-45(31-36)44-15-7-9-17-48(44)53(49)38-12-4-3-5-13-38/h3-20,22-25,27-29,31-33,51H,21,26,30H2,1-2H3. The molecule has 0 saturated carbocycles. The molecule has 0 radical (unpaired) electrons. The molecule has 7 aromatic rings. The minimum Gasteiger partial charge on any atom is -0.387 e. The number of nitrogens with one attached hydrogen (secondary N) is 1. The summed E-state index contributed by atoms with van der Waals surface area (Å²) in [5.74, 6) is 0. The molecule has 3 heteroatoms. The van der Waals surface area contributed by atoms with Gasteiger partial charge in [-0.25, -0.2) is 0 Å². The van der Waals surface area contributed by atoms with E-state index in [0.717, 1.165) is 19.4 Å². The first-order valence-corrected chi connectivity index (χ1v) is 18.8. The molecule has 0 saturated heterocycles. The minimum atomic E-state index is -0.0689. The average molecular weight is 684 g/mol. The Hall–Kier alpha value is -6.32. The van der Waals surface area contributed by atoms with E-state index >= 15 is 0 Å². The number of hydrogen-bond donors (Lipinski definition) is 1. The largest absolute Gasteiger partial charge is 0.387 e. The summed E-state index contributed by atoms with van der Waals surface area (Å²) in [7, 11) is 0. The number of anilines is 2. The van der Waals surface area contributed by atoms with E-state index in [2.05, 4.69) is 199 Å². The highest BCUT2D eigenvalue weighted by Gasteiger charge is 2.36. The predicted octanol–water partition coefficient (Wildman–Crippen LogP) is 12.5. The Kier molecular flexibility index (Phi) is 7.36. The molecule has 0 fully saturated rings. The van der Waals surface area contributed by atoms with Gasteiger partial charge in [0.1, 0.15) is 0 Å². The van der Waals surface area contributed by atoms with Crippen LogP contribution in [0.25, 0.3) is 49.7 Å². The molecule has 2 aliphatic carbocycles. The second kappa shape index (κ2) is 12.4. The Balaban J connectivity index is 1.06. The summed E-state index contributed by atoms with van der Waals surface area (Å²) in [6.45, 7) is 5.62. The van der Waals surface area contributed by atoms with Gasteiger partial charge in [0.2, 0.25) is 0 Å². The molecule has 0 atom stereocenters. The number of aromatic nitrogens is 1. The third-order valence-corrected chi connectivity index (χ3v) is 11.5. The summed E-state index contributed by atoms with van der Waals surface area (Å²) < 4.78 is 2.38. The van der Waals surface area contributed by atoms with Gasteiger partial charge >= 0.3 is 0 Å².